The number of ketones is 1. The Kier molecular flexibility index (Phi) is 3.57. The molecule has 0 aliphatic rings. The van der Waals surface area contributed by atoms with Crippen LogP contribution in [0.1, 0.15) is 17.4 Å². The number of carbonyl (C=O) groups excluding carboxylic acids is 1. The highest BCUT2D eigenvalue weighted by atomic mass is 127. The summed E-state index contributed by atoms with van der Waals surface area (Å²) in [5.74, 6) is 0.680. The fourth-order valence-electron chi connectivity index (χ4n) is 1.23. The number of rotatable bonds is 2. The van der Waals surface area contributed by atoms with Crippen molar-refractivity contribution in [1.29, 1.82) is 0 Å². The van der Waals surface area contributed by atoms with Crippen LogP contribution >= 0.6 is 45.2 Å². The number of imidazole rings is 1. The van der Waals surface area contributed by atoms with E-state index in [9.17, 15) is 4.79 Å². The predicted octanol–water partition coefficient (Wildman–Crippen LogP) is 2.68. The molecule has 0 saturated heterocycles. The molecule has 2 heterocycles. The van der Waals surface area contributed by atoms with Crippen molar-refractivity contribution in [2.45, 2.75) is 6.92 Å². The Morgan fingerprint density at radius 2 is 2.12 bits per heavy atom. The topological polar surface area (TPSA) is 47.8 Å². The molecule has 16 heavy (non-hydrogen) atoms. The van der Waals surface area contributed by atoms with Crippen LogP contribution in [0.15, 0.2) is 24.5 Å². The van der Waals surface area contributed by atoms with Crippen molar-refractivity contribution in [2.75, 3.05) is 0 Å². The minimum Gasteiger partial charge on any atom is -0.293 e. The number of halogens is 2. The number of hydrogen-bond acceptors (Lipinski definition) is 3. The van der Waals surface area contributed by atoms with E-state index in [0.29, 0.717) is 11.5 Å². The second-order valence-electron chi connectivity index (χ2n) is 3.13. The number of hydrogen-bond donors (Lipinski definition) is 0. The second-order valence-corrected chi connectivity index (χ2v) is 5.18. The first-order chi connectivity index (χ1) is 7.59. The standard InChI is InChI=1S/C10H7I2N3O/c1-6(16)7-3-2-4-8(14-7)15-5-13-9(11)10(15)12/h2-5H,1H3. The molecule has 2 aromatic rings. The lowest BCUT2D eigenvalue weighted by Gasteiger charge is -2.04. The maximum atomic E-state index is 11.2. The maximum absolute atomic E-state index is 11.2. The molecule has 0 aliphatic carbocycles. The van der Waals surface area contributed by atoms with Gasteiger partial charge in [0.1, 0.15) is 25.2 Å². The molecule has 0 atom stereocenters. The van der Waals surface area contributed by atoms with E-state index in [2.05, 4.69) is 55.1 Å². The second kappa shape index (κ2) is 4.78. The zero-order chi connectivity index (χ0) is 11.7. The Balaban J connectivity index is 2.52. The van der Waals surface area contributed by atoms with Crippen LogP contribution < -0.4 is 0 Å². The number of pyridine rings is 1. The van der Waals surface area contributed by atoms with Gasteiger partial charge in [-0.2, -0.15) is 0 Å². The lowest BCUT2D eigenvalue weighted by Crippen LogP contribution is -2.03. The molecule has 0 amide bonds. The van der Waals surface area contributed by atoms with Gasteiger partial charge in [-0.1, -0.05) is 6.07 Å². The van der Waals surface area contributed by atoms with Gasteiger partial charge >= 0.3 is 0 Å². The maximum Gasteiger partial charge on any atom is 0.178 e. The minimum absolute atomic E-state index is 0.0355. The molecule has 0 bridgehead atoms. The smallest absolute Gasteiger partial charge is 0.178 e. The van der Waals surface area contributed by atoms with Gasteiger partial charge in [0, 0.05) is 6.92 Å². The fraction of sp³-hybridized carbons (Fsp3) is 0.100. The first-order valence-corrected chi connectivity index (χ1v) is 6.62. The van der Waals surface area contributed by atoms with Gasteiger partial charge in [0.05, 0.1) is 0 Å². The van der Waals surface area contributed by atoms with Crippen molar-refractivity contribution in [3.63, 3.8) is 0 Å². The van der Waals surface area contributed by atoms with Crippen LogP contribution in [0.4, 0.5) is 0 Å². The Morgan fingerprint density at radius 3 is 2.69 bits per heavy atom. The highest BCUT2D eigenvalue weighted by Crippen LogP contribution is 2.17. The minimum atomic E-state index is -0.0355. The Hall–Kier alpha value is -0.510. The van der Waals surface area contributed by atoms with Crippen LogP contribution in [0.3, 0.4) is 0 Å². The molecule has 0 radical (unpaired) electrons. The van der Waals surface area contributed by atoms with Crippen molar-refractivity contribution in [3.8, 4) is 5.82 Å². The van der Waals surface area contributed by atoms with Gasteiger partial charge < -0.3 is 0 Å². The summed E-state index contributed by atoms with van der Waals surface area (Å²) in [4.78, 5) is 19.7. The number of aromatic nitrogens is 3. The van der Waals surface area contributed by atoms with E-state index in [4.69, 9.17) is 0 Å². The van der Waals surface area contributed by atoms with Crippen LogP contribution in [-0.2, 0) is 0 Å². The molecular formula is C10H7I2N3O. The molecule has 0 spiro atoms. The van der Waals surface area contributed by atoms with Crippen LogP contribution in [-0.4, -0.2) is 20.3 Å². The van der Waals surface area contributed by atoms with E-state index in [1.165, 1.54) is 6.92 Å². The van der Waals surface area contributed by atoms with Gasteiger partial charge in [-0.25, -0.2) is 9.97 Å². The molecule has 82 valence electrons. The van der Waals surface area contributed by atoms with E-state index in [-0.39, 0.29) is 5.78 Å². The van der Waals surface area contributed by atoms with Crippen molar-refractivity contribution in [2.24, 2.45) is 0 Å². The molecule has 6 heteroatoms. The van der Waals surface area contributed by atoms with E-state index in [1.54, 1.807) is 12.4 Å². The molecule has 2 rings (SSSR count). The molecule has 0 aliphatic heterocycles. The Labute approximate surface area is 120 Å². The molecular weight excluding hydrogens is 432 g/mol. The summed E-state index contributed by atoms with van der Waals surface area (Å²) in [7, 11) is 0. The number of Topliss-reactive ketones (excluding diaryl/α,β-unsaturated/α-hetero) is 1. The normalized spacial score (nSPS) is 10.4. The molecule has 0 unspecified atom stereocenters. The van der Waals surface area contributed by atoms with Gasteiger partial charge in [-0.15, -0.1) is 0 Å². The summed E-state index contributed by atoms with van der Waals surface area (Å²) in [6, 6.07) is 5.38. The number of carbonyl (C=O) groups is 1. The molecule has 0 aromatic carbocycles. The van der Waals surface area contributed by atoms with E-state index in [1.807, 2.05) is 16.7 Å². The van der Waals surface area contributed by atoms with Crippen LogP contribution in [0, 0.1) is 7.40 Å². The molecule has 2 aromatic heterocycles. The predicted molar refractivity (Wildman–Crippen MR) is 76.8 cm³/mol. The quantitative estimate of drug-likeness (QED) is 0.535. The summed E-state index contributed by atoms with van der Waals surface area (Å²) in [5.41, 5.74) is 0.469. The van der Waals surface area contributed by atoms with Crippen LogP contribution in [0.5, 0.6) is 0 Å². The first kappa shape index (κ1) is 12.0. The van der Waals surface area contributed by atoms with Gasteiger partial charge in [-0.3, -0.25) is 9.36 Å². The van der Waals surface area contributed by atoms with Crippen molar-refractivity contribution >= 4 is 51.0 Å². The third-order valence-electron chi connectivity index (χ3n) is 2.01. The van der Waals surface area contributed by atoms with Crippen LogP contribution in [0.2, 0.25) is 0 Å². The van der Waals surface area contributed by atoms with Gasteiger partial charge in [0.15, 0.2) is 5.78 Å². The number of nitrogens with zero attached hydrogens (tertiary/aromatic N) is 3. The summed E-state index contributed by atoms with van der Waals surface area (Å²) in [5, 5.41) is 0. The third-order valence-corrected chi connectivity index (χ3v) is 4.86. The zero-order valence-corrected chi connectivity index (χ0v) is 12.6. The molecule has 0 fully saturated rings. The zero-order valence-electron chi connectivity index (χ0n) is 8.32. The summed E-state index contributed by atoms with van der Waals surface area (Å²) in [6.45, 7) is 1.51. The van der Waals surface area contributed by atoms with Crippen molar-refractivity contribution in [3.05, 3.63) is 37.6 Å². The Morgan fingerprint density at radius 1 is 1.38 bits per heavy atom. The molecule has 0 saturated carbocycles. The van der Waals surface area contributed by atoms with Gasteiger partial charge in [-0.05, 0) is 57.3 Å². The largest absolute Gasteiger partial charge is 0.293 e. The average molecular weight is 439 g/mol. The van der Waals surface area contributed by atoms with Crippen molar-refractivity contribution < 1.29 is 4.79 Å². The summed E-state index contributed by atoms with van der Waals surface area (Å²) >= 11 is 4.36. The third kappa shape index (κ3) is 2.26. The average Bonchev–Trinajstić information content (AvgIpc) is 2.60. The summed E-state index contributed by atoms with van der Waals surface area (Å²) in [6.07, 6.45) is 1.70. The highest BCUT2D eigenvalue weighted by molar-refractivity contribution is 14.1. The molecule has 4 nitrogen and oxygen atoms in total. The fourth-order valence-corrected chi connectivity index (χ4v) is 2.12. The van der Waals surface area contributed by atoms with E-state index in [0.717, 1.165) is 7.40 Å². The SMILES string of the molecule is CC(=O)c1cccc(-n2cnc(I)c2I)n1. The van der Waals surface area contributed by atoms with E-state index >= 15 is 0 Å². The highest BCUT2D eigenvalue weighted by Gasteiger charge is 2.09. The van der Waals surface area contributed by atoms with Crippen LogP contribution in [0.25, 0.3) is 5.82 Å². The Bertz CT molecular complexity index is 551. The molecule has 0 N–H and O–H groups in total. The lowest BCUT2D eigenvalue weighted by atomic mass is 10.3. The van der Waals surface area contributed by atoms with Gasteiger partial charge in [0.2, 0.25) is 0 Å². The van der Waals surface area contributed by atoms with Crippen molar-refractivity contribution in [1.82, 2.24) is 14.5 Å². The van der Waals surface area contributed by atoms with E-state index < -0.39 is 0 Å². The first-order valence-electron chi connectivity index (χ1n) is 4.46. The lowest BCUT2D eigenvalue weighted by molar-refractivity contribution is 0.101. The monoisotopic (exact) mass is 439 g/mol. The van der Waals surface area contributed by atoms with Gasteiger partial charge in [0.25, 0.3) is 0 Å². The summed E-state index contributed by atoms with van der Waals surface area (Å²) < 4.78 is 3.77.